The van der Waals surface area contributed by atoms with Crippen LogP contribution >= 0.6 is 0 Å². The molecule has 0 bridgehead atoms. The average molecular weight is 418 g/mol. The van der Waals surface area contributed by atoms with E-state index in [1.165, 1.54) is 27.7 Å². The molecule has 0 amide bonds. The van der Waals surface area contributed by atoms with Gasteiger partial charge in [0.25, 0.3) is 0 Å². The SMILES string of the molecule is C=C(C)C(=O)O.C=C(C)C(=O)O.C=C(C)C(=O)O.C=C(C)C(=O)O.CCCCO. The number of aliphatic carboxylic acids is 4. The Morgan fingerprint density at radius 3 is 0.724 bits per heavy atom. The van der Waals surface area contributed by atoms with Crippen molar-refractivity contribution in [3.05, 3.63) is 48.6 Å². The zero-order valence-corrected chi connectivity index (χ0v) is 17.8. The zero-order valence-electron chi connectivity index (χ0n) is 17.8. The number of carboxylic acid groups (broad SMARTS) is 4. The van der Waals surface area contributed by atoms with E-state index >= 15 is 0 Å². The number of hydrogen-bond donors (Lipinski definition) is 5. The van der Waals surface area contributed by atoms with Crippen molar-refractivity contribution in [3.8, 4) is 0 Å². The van der Waals surface area contributed by atoms with Crippen LogP contribution < -0.4 is 0 Å². The monoisotopic (exact) mass is 418 g/mol. The summed E-state index contributed by atoms with van der Waals surface area (Å²) in [5, 5.41) is 39.6. The predicted octanol–water partition coefficient (Wildman–Crippen LogP) is 3.37. The summed E-state index contributed by atoms with van der Waals surface area (Å²) in [4.78, 5) is 38.4. The van der Waals surface area contributed by atoms with E-state index in [2.05, 4.69) is 33.2 Å². The van der Waals surface area contributed by atoms with Crippen LogP contribution in [0.4, 0.5) is 0 Å². The van der Waals surface area contributed by atoms with Gasteiger partial charge in [0, 0.05) is 28.9 Å². The third kappa shape index (κ3) is 58.9. The maximum Gasteiger partial charge on any atom is 0.330 e. The van der Waals surface area contributed by atoms with Gasteiger partial charge >= 0.3 is 23.9 Å². The average Bonchev–Trinajstić information content (AvgIpc) is 2.57. The number of carbonyl (C=O) groups is 4. The van der Waals surface area contributed by atoms with E-state index in [9.17, 15) is 19.2 Å². The predicted molar refractivity (Wildman–Crippen MR) is 112 cm³/mol. The van der Waals surface area contributed by atoms with Gasteiger partial charge in [0.1, 0.15) is 0 Å². The Morgan fingerprint density at radius 2 is 0.724 bits per heavy atom. The van der Waals surface area contributed by atoms with Crippen molar-refractivity contribution in [3.63, 3.8) is 0 Å². The van der Waals surface area contributed by atoms with Crippen molar-refractivity contribution in [2.75, 3.05) is 6.61 Å². The van der Waals surface area contributed by atoms with Gasteiger partial charge in [-0.3, -0.25) is 0 Å². The fourth-order valence-electron chi connectivity index (χ4n) is 0.158. The third-order valence-corrected chi connectivity index (χ3v) is 1.97. The van der Waals surface area contributed by atoms with Crippen molar-refractivity contribution in [1.82, 2.24) is 0 Å². The number of aliphatic hydroxyl groups excluding tert-OH is 1. The van der Waals surface area contributed by atoms with Crippen LogP contribution in [-0.4, -0.2) is 56.0 Å². The van der Waals surface area contributed by atoms with Crippen molar-refractivity contribution in [2.45, 2.75) is 47.5 Å². The van der Waals surface area contributed by atoms with Crippen LogP contribution in [0.5, 0.6) is 0 Å². The molecule has 0 rings (SSSR count). The molecular weight excluding hydrogens is 384 g/mol. The molecule has 0 heterocycles. The van der Waals surface area contributed by atoms with Crippen LogP contribution in [0, 0.1) is 0 Å². The summed E-state index contributed by atoms with van der Waals surface area (Å²) in [6, 6.07) is 0. The maximum absolute atomic E-state index is 9.60. The van der Waals surface area contributed by atoms with Crippen LogP contribution in [0.1, 0.15) is 47.5 Å². The van der Waals surface area contributed by atoms with Gasteiger partial charge in [-0.2, -0.15) is 0 Å². The first-order chi connectivity index (χ1) is 13.0. The second-order valence-electron chi connectivity index (χ2n) is 5.42. The number of hydrogen-bond acceptors (Lipinski definition) is 5. The molecule has 29 heavy (non-hydrogen) atoms. The van der Waals surface area contributed by atoms with Crippen molar-refractivity contribution < 1.29 is 44.7 Å². The fourth-order valence-corrected chi connectivity index (χ4v) is 0.158. The molecule has 168 valence electrons. The Bertz CT molecular complexity index is 427. The highest BCUT2D eigenvalue weighted by atomic mass is 16.4. The van der Waals surface area contributed by atoms with Gasteiger partial charge in [-0.1, -0.05) is 39.7 Å². The molecule has 0 spiro atoms. The lowest BCUT2D eigenvalue weighted by Crippen LogP contribution is -1.92. The summed E-state index contributed by atoms with van der Waals surface area (Å²) in [5.41, 5.74) is 0.704. The molecule has 0 saturated heterocycles. The molecule has 0 unspecified atom stereocenters. The minimum absolute atomic E-state index is 0.176. The number of unbranched alkanes of at least 4 members (excludes halogenated alkanes) is 1. The molecule has 0 aliphatic carbocycles. The molecule has 0 aliphatic rings. The Hall–Kier alpha value is -3.20. The topological polar surface area (TPSA) is 169 Å². The number of rotatable bonds is 6. The van der Waals surface area contributed by atoms with Gasteiger partial charge in [-0.05, 0) is 34.1 Å². The quantitative estimate of drug-likeness (QED) is 0.406. The molecule has 0 aliphatic heterocycles. The first-order valence-electron chi connectivity index (χ1n) is 8.15. The Kier molecular flexibility index (Phi) is 31.4. The van der Waals surface area contributed by atoms with Gasteiger partial charge in [0.15, 0.2) is 0 Å². The molecule has 0 fully saturated rings. The van der Waals surface area contributed by atoms with Crippen molar-refractivity contribution in [1.29, 1.82) is 0 Å². The minimum atomic E-state index is -0.935. The van der Waals surface area contributed by atoms with E-state index in [4.69, 9.17) is 25.5 Å². The first-order valence-corrected chi connectivity index (χ1v) is 8.15. The Morgan fingerprint density at radius 1 is 0.586 bits per heavy atom. The largest absolute Gasteiger partial charge is 0.478 e. The van der Waals surface area contributed by atoms with E-state index < -0.39 is 23.9 Å². The van der Waals surface area contributed by atoms with E-state index in [1.54, 1.807) is 0 Å². The number of aliphatic hydroxyl groups is 1. The van der Waals surface area contributed by atoms with E-state index in [0.717, 1.165) is 12.8 Å². The lowest BCUT2D eigenvalue weighted by Gasteiger charge is -1.79. The fraction of sp³-hybridized carbons (Fsp3) is 0.400. The van der Waals surface area contributed by atoms with Crippen LogP contribution in [-0.2, 0) is 19.2 Å². The molecule has 0 aromatic heterocycles. The molecule has 0 aromatic rings. The highest BCUT2D eigenvalue weighted by Crippen LogP contribution is 1.82. The molecule has 9 nitrogen and oxygen atoms in total. The second-order valence-corrected chi connectivity index (χ2v) is 5.42. The highest BCUT2D eigenvalue weighted by molar-refractivity contribution is 5.85. The minimum Gasteiger partial charge on any atom is -0.478 e. The van der Waals surface area contributed by atoms with Gasteiger partial charge in [-0.25, -0.2) is 19.2 Å². The molecule has 9 heteroatoms. The van der Waals surface area contributed by atoms with Crippen molar-refractivity contribution in [2.24, 2.45) is 0 Å². The van der Waals surface area contributed by atoms with Crippen LogP contribution in [0.3, 0.4) is 0 Å². The summed E-state index contributed by atoms with van der Waals surface area (Å²) in [6.07, 6.45) is 2.04. The molecule has 0 aromatic carbocycles. The second kappa shape index (κ2) is 24.8. The van der Waals surface area contributed by atoms with Gasteiger partial charge in [-0.15, -0.1) is 0 Å². The zero-order chi connectivity index (χ0) is 24.7. The summed E-state index contributed by atoms with van der Waals surface area (Å²) in [5.74, 6) is -3.74. The van der Waals surface area contributed by atoms with E-state index in [-0.39, 0.29) is 22.3 Å². The summed E-state index contributed by atoms with van der Waals surface area (Å²) in [6.45, 7) is 20.8. The van der Waals surface area contributed by atoms with Crippen LogP contribution in [0.15, 0.2) is 48.6 Å². The summed E-state index contributed by atoms with van der Waals surface area (Å²) < 4.78 is 0. The van der Waals surface area contributed by atoms with E-state index in [0.29, 0.717) is 6.61 Å². The molecule has 0 radical (unpaired) electrons. The van der Waals surface area contributed by atoms with Gasteiger partial charge in [0.05, 0.1) is 0 Å². The maximum atomic E-state index is 9.60. The molecule has 0 atom stereocenters. The van der Waals surface area contributed by atoms with Crippen molar-refractivity contribution >= 4 is 23.9 Å². The van der Waals surface area contributed by atoms with Gasteiger partial charge < -0.3 is 25.5 Å². The summed E-state index contributed by atoms with van der Waals surface area (Å²) >= 11 is 0. The Balaban J connectivity index is -0.0000000829. The third-order valence-electron chi connectivity index (χ3n) is 1.97. The first kappa shape index (κ1) is 36.7. The Labute approximate surface area is 172 Å². The molecule has 5 N–H and O–H groups in total. The molecule has 0 saturated carbocycles. The van der Waals surface area contributed by atoms with Crippen LogP contribution in [0.2, 0.25) is 0 Å². The smallest absolute Gasteiger partial charge is 0.330 e. The lowest BCUT2D eigenvalue weighted by molar-refractivity contribution is -0.133. The highest BCUT2D eigenvalue weighted by Gasteiger charge is 1.91. The van der Waals surface area contributed by atoms with Gasteiger partial charge in [0.2, 0.25) is 0 Å². The standard InChI is InChI=1S/4C4H6O2.C4H10O/c4*1-3(2)4(5)6;1-2-3-4-5/h4*1H2,2H3,(H,5,6);5H,2-4H2,1H3. The summed E-state index contributed by atoms with van der Waals surface area (Å²) in [7, 11) is 0. The van der Waals surface area contributed by atoms with Crippen LogP contribution in [0.25, 0.3) is 0 Å². The van der Waals surface area contributed by atoms with E-state index in [1.807, 2.05) is 0 Å². The lowest BCUT2D eigenvalue weighted by atomic mass is 10.4. The normalized spacial score (nSPS) is 7.66. The number of carboxylic acids is 4. The molecular formula is C20H34O9.